The lowest BCUT2D eigenvalue weighted by Gasteiger charge is -2.08. The summed E-state index contributed by atoms with van der Waals surface area (Å²) in [6, 6.07) is 2.59. The summed E-state index contributed by atoms with van der Waals surface area (Å²) in [5.41, 5.74) is -0.702. The van der Waals surface area contributed by atoms with E-state index in [1.54, 1.807) is 0 Å². The van der Waals surface area contributed by atoms with Crippen LogP contribution < -0.4 is 5.56 Å². The van der Waals surface area contributed by atoms with Gasteiger partial charge in [-0.05, 0) is 22.0 Å². The van der Waals surface area contributed by atoms with E-state index in [-0.39, 0.29) is 11.7 Å². The Balaban J connectivity index is 2.48. The van der Waals surface area contributed by atoms with Crippen molar-refractivity contribution < 1.29 is 4.92 Å². The molecule has 2 rings (SSSR count). The smallest absolute Gasteiger partial charge is 0.304 e. The van der Waals surface area contributed by atoms with Crippen molar-refractivity contribution in [2.45, 2.75) is 6.54 Å². The average Bonchev–Trinajstić information content (AvgIpc) is 2.36. The molecular formula is C11H6BrCl2N3O3. The van der Waals surface area contributed by atoms with Gasteiger partial charge in [-0.3, -0.25) is 14.9 Å². The lowest BCUT2D eigenvalue weighted by atomic mass is 10.2. The van der Waals surface area contributed by atoms with E-state index in [2.05, 4.69) is 20.9 Å². The fraction of sp³-hybridized carbons (Fsp3) is 0.0909. The van der Waals surface area contributed by atoms with Crippen LogP contribution in [-0.4, -0.2) is 14.5 Å². The highest BCUT2D eigenvalue weighted by atomic mass is 79.9. The molecule has 0 unspecified atom stereocenters. The second kappa shape index (κ2) is 5.90. The summed E-state index contributed by atoms with van der Waals surface area (Å²) in [5.74, 6) is 0. The molecule has 2 aromatic rings. The third-order valence-corrected chi connectivity index (χ3v) is 3.46. The van der Waals surface area contributed by atoms with Crippen molar-refractivity contribution >= 4 is 44.8 Å². The first-order valence-corrected chi connectivity index (χ1v) is 6.77. The topological polar surface area (TPSA) is 78.0 Å². The Morgan fingerprint density at radius 3 is 2.70 bits per heavy atom. The first-order valence-electron chi connectivity index (χ1n) is 5.23. The van der Waals surface area contributed by atoms with E-state index in [1.165, 1.54) is 23.0 Å². The Hall–Kier alpha value is -1.44. The highest BCUT2D eigenvalue weighted by Crippen LogP contribution is 2.20. The van der Waals surface area contributed by atoms with Gasteiger partial charge in [0.2, 0.25) is 0 Å². The molecule has 0 atom stereocenters. The fourth-order valence-electron chi connectivity index (χ4n) is 1.57. The second-order valence-electron chi connectivity index (χ2n) is 3.83. The third-order valence-electron chi connectivity index (χ3n) is 2.47. The van der Waals surface area contributed by atoms with Gasteiger partial charge in [0.25, 0.3) is 0 Å². The number of hydrogen-bond acceptors (Lipinski definition) is 4. The number of hydrogen-bond donors (Lipinski definition) is 0. The summed E-state index contributed by atoms with van der Waals surface area (Å²) in [4.78, 5) is 25.9. The summed E-state index contributed by atoms with van der Waals surface area (Å²) in [6.07, 6.45) is 2.87. The maximum absolute atomic E-state index is 12.0. The van der Waals surface area contributed by atoms with E-state index in [4.69, 9.17) is 23.2 Å². The quantitative estimate of drug-likeness (QED) is 0.466. The molecule has 0 aliphatic carbocycles. The zero-order valence-electron chi connectivity index (χ0n) is 9.72. The van der Waals surface area contributed by atoms with E-state index in [0.717, 1.165) is 6.07 Å². The molecule has 0 saturated heterocycles. The van der Waals surface area contributed by atoms with Crippen molar-refractivity contribution in [1.82, 2.24) is 9.55 Å². The van der Waals surface area contributed by atoms with Crippen molar-refractivity contribution in [3.63, 3.8) is 0 Å². The maximum Gasteiger partial charge on any atom is 0.335 e. The van der Waals surface area contributed by atoms with Gasteiger partial charge in [0, 0.05) is 28.5 Å². The molecule has 20 heavy (non-hydrogen) atoms. The van der Waals surface area contributed by atoms with Crippen LogP contribution >= 0.6 is 39.1 Å². The van der Waals surface area contributed by atoms with E-state index >= 15 is 0 Å². The lowest BCUT2D eigenvalue weighted by molar-refractivity contribution is -0.386. The second-order valence-corrected chi connectivity index (χ2v) is 5.54. The molecule has 0 amide bonds. The Morgan fingerprint density at radius 2 is 2.10 bits per heavy atom. The number of pyridine rings is 2. The number of nitrogens with zero attached hydrogens (tertiary/aromatic N) is 3. The first-order chi connectivity index (χ1) is 9.38. The molecule has 0 bridgehead atoms. The Bertz CT molecular complexity index is 748. The van der Waals surface area contributed by atoms with Gasteiger partial charge in [-0.1, -0.05) is 23.2 Å². The molecule has 2 heterocycles. The monoisotopic (exact) mass is 377 g/mol. The van der Waals surface area contributed by atoms with E-state index in [1.807, 2.05) is 0 Å². The van der Waals surface area contributed by atoms with Gasteiger partial charge >= 0.3 is 11.2 Å². The standard InChI is InChI=1S/C11H6BrCl2N3O3/c12-7-1-9(17(19)20)11(18)16(5-7)4-6-3-15-10(14)2-8(6)13/h1-3,5H,4H2. The molecule has 0 N–H and O–H groups in total. The van der Waals surface area contributed by atoms with Crippen LogP contribution in [0, 0.1) is 10.1 Å². The number of halogens is 3. The summed E-state index contributed by atoms with van der Waals surface area (Å²) < 4.78 is 1.60. The number of rotatable bonds is 3. The average molecular weight is 379 g/mol. The predicted octanol–water partition coefficient (Wildman–Crippen LogP) is 3.27. The van der Waals surface area contributed by atoms with Gasteiger partial charge in [0.05, 0.1) is 16.5 Å². The first kappa shape index (κ1) is 15.0. The van der Waals surface area contributed by atoms with Gasteiger partial charge in [0.1, 0.15) is 5.15 Å². The van der Waals surface area contributed by atoms with Gasteiger partial charge < -0.3 is 4.57 Å². The molecule has 0 radical (unpaired) electrons. The van der Waals surface area contributed by atoms with E-state index in [9.17, 15) is 14.9 Å². The van der Waals surface area contributed by atoms with Crippen molar-refractivity contribution in [2.75, 3.05) is 0 Å². The summed E-state index contributed by atoms with van der Waals surface area (Å²) in [5, 5.41) is 11.4. The normalized spacial score (nSPS) is 10.6. The van der Waals surface area contributed by atoms with Crippen molar-refractivity contribution in [1.29, 1.82) is 0 Å². The minimum absolute atomic E-state index is 0.0577. The lowest BCUT2D eigenvalue weighted by Crippen LogP contribution is -2.22. The van der Waals surface area contributed by atoms with Crippen molar-refractivity contribution in [3.8, 4) is 0 Å². The number of aromatic nitrogens is 2. The highest BCUT2D eigenvalue weighted by Gasteiger charge is 2.16. The molecule has 0 fully saturated rings. The van der Waals surface area contributed by atoms with E-state index < -0.39 is 16.2 Å². The van der Waals surface area contributed by atoms with Crippen LogP contribution in [0.2, 0.25) is 10.2 Å². The molecule has 0 saturated carbocycles. The molecule has 0 aromatic carbocycles. The Morgan fingerprint density at radius 1 is 1.40 bits per heavy atom. The molecular weight excluding hydrogens is 373 g/mol. The zero-order valence-corrected chi connectivity index (χ0v) is 12.8. The van der Waals surface area contributed by atoms with Crippen LogP contribution in [0.4, 0.5) is 5.69 Å². The van der Waals surface area contributed by atoms with Crippen LogP contribution in [0.25, 0.3) is 0 Å². The SMILES string of the molecule is O=c1c([N+](=O)[O-])cc(Br)cn1Cc1cnc(Cl)cc1Cl. The molecule has 104 valence electrons. The Kier molecular flexibility index (Phi) is 4.42. The van der Waals surface area contributed by atoms with Crippen LogP contribution in [0.1, 0.15) is 5.56 Å². The molecule has 6 nitrogen and oxygen atoms in total. The fourth-order valence-corrected chi connectivity index (χ4v) is 2.46. The van der Waals surface area contributed by atoms with Gasteiger partial charge in [-0.15, -0.1) is 0 Å². The third kappa shape index (κ3) is 3.17. The van der Waals surface area contributed by atoms with Gasteiger partial charge in [0.15, 0.2) is 0 Å². The summed E-state index contributed by atoms with van der Waals surface area (Å²) in [6.45, 7) is 0.0577. The minimum Gasteiger partial charge on any atom is -0.304 e. The largest absolute Gasteiger partial charge is 0.335 e. The zero-order chi connectivity index (χ0) is 14.9. The van der Waals surface area contributed by atoms with Crippen LogP contribution in [0.5, 0.6) is 0 Å². The maximum atomic E-state index is 12.0. The number of nitro groups is 1. The molecule has 2 aromatic heterocycles. The van der Waals surface area contributed by atoms with Crippen LogP contribution in [-0.2, 0) is 6.54 Å². The minimum atomic E-state index is -0.731. The Labute approximate surface area is 131 Å². The predicted molar refractivity (Wildman–Crippen MR) is 78.4 cm³/mol. The van der Waals surface area contributed by atoms with Gasteiger partial charge in [-0.25, -0.2) is 4.98 Å². The molecule has 9 heteroatoms. The summed E-state index contributed by atoms with van der Waals surface area (Å²) in [7, 11) is 0. The van der Waals surface area contributed by atoms with Gasteiger partial charge in [-0.2, -0.15) is 0 Å². The van der Waals surface area contributed by atoms with Crippen LogP contribution in [0.15, 0.2) is 33.8 Å². The molecule has 0 aliphatic heterocycles. The summed E-state index contributed by atoms with van der Waals surface area (Å²) >= 11 is 14.8. The van der Waals surface area contributed by atoms with Crippen LogP contribution in [0.3, 0.4) is 0 Å². The van der Waals surface area contributed by atoms with Crippen molar-refractivity contribution in [3.05, 3.63) is 65.2 Å². The molecule has 0 spiro atoms. The molecule has 0 aliphatic rings. The highest BCUT2D eigenvalue weighted by molar-refractivity contribution is 9.10. The van der Waals surface area contributed by atoms with Crippen molar-refractivity contribution in [2.24, 2.45) is 0 Å². The van der Waals surface area contributed by atoms with E-state index in [0.29, 0.717) is 15.1 Å².